The lowest BCUT2D eigenvalue weighted by Gasteiger charge is -2.12. The van der Waals surface area contributed by atoms with Gasteiger partial charge in [-0.05, 0) is 36.4 Å². The lowest BCUT2D eigenvalue weighted by atomic mass is 10.2. The molecule has 0 aliphatic heterocycles. The van der Waals surface area contributed by atoms with Gasteiger partial charge in [0, 0.05) is 27.7 Å². The van der Waals surface area contributed by atoms with Gasteiger partial charge in [-0.1, -0.05) is 17.7 Å². The molecule has 140 valence electrons. The number of nitrogens with zero attached hydrogens (tertiary/aromatic N) is 4. The molecule has 0 saturated heterocycles. The van der Waals surface area contributed by atoms with Crippen LogP contribution in [-0.2, 0) is 0 Å². The van der Waals surface area contributed by atoms with E-state index < -0.39 is 6.61 Å². The number of aromatic nitrogens is 4. The molecule has 0 fully saturated rings. The molecular formula is C19H12ClF2N5O. The molecule has 2 aromatic heterocycles. The van der Waals surface area contributed by atoms with Crippen molar-refractivity contribution in [2.75, 3.05) is 5.32 Å². The zero-order chi connectivity index (χ0) is 19.5. The fraction of sp³-hybridized carbons (Fsp3) is 0.0526. The van der Waals surface area contributed by atoms with Crippen molar-refractivity contribution < 1.29 is 13.5 Å². The van der Waals surface area contributed by atoms with Crippen molar-refractivity contribution in [1.29, 1.82) is 0 Å². The van der Waals surface area contributed by atoms with Gasteiger partial charge in [-0.3, -0.25) is 0 Å². The summed E-state index contributed by atoms with van der Waals surface area (Å²) in [4.78, 5) is 9.10. The molecule has 0 amide bonds. The molecule has 0 spiro atoms. The van der Waals surface area contributed by atoms with Crippen LogP contribution in [0.3, 0.4) is 0 Å². The fourth-order valence-electron chi connectivity index (χ4n) is 2.64. The maximum absolute atomic E-state index is 12.5. The van der Waals surface area contributed by atoms with Crippen molar-refractivity contribution in [3.63, 3.8) is 0 Å². The zero-order valence-electron chi connectivity index (χ0n) is 14.2. The molecule has 4 rings (SSSR count). The number of ether oxygens (including phenoxy) is 1. The number of rotatable bonds is 5. The summed E-state index contributed by atoms with van der Waals surface area (Å²) in [5, 5.41) is 12.0. The summed E-state index contributed by atoms with van der Waals surface area (Å²) in [6.45, 7) is -2.90. The highest BCUT2D eigenvalue weighted by Gasteiger charge is 2.12. The highest BCUT2D eigenvalue weighted by Crippen LogP contribution is 2.30. The van der Waals surface area contributed by atoms with E-state index in [1.54, 1.807) is 48.8 Å². The maximum atomic E-state index is 12.5. The van der Waals surface area contributed by atoms with Crippen LogP contribution in [0.2, 0.25) is 5.02 Å². The Balaban J connectivity index is 1.79. The van der Waals surface area contributed by atoms with Crippen LogP contribution >= 0.6 is 11.6 Å². The molecule has 4 aromatic rings. The van der Waals surface area contributed by atoms with Crippen LogP contribution in [0.1, 0.15) is 0 Å². The average molecular weight is 400 g/mol. The molecular weight excluding hydrogens is 388 g/mol. The van der Waals surface area contributed by atoms with Crippen LogP contribution in [0.5, 0.6) is 5.75 Å². The van der Waals surface area contributed by atoms with Crippen LogP contribution in [0.15, 0.2) is 60.9 Å². The van der Waals surface area contributed by atoms with Gasteiger partial charge in [0.1, 0.15) is 11.6 Å². The quantitative estimate of drug-likeness (QED) is 0.504. The van der Waals surface area contributed by atoms with Crippen molar-refractivity contribution >= 4 is 34.0 Å². The molecule has 1 N–H and O–H groups in total. The molecule has 9 heteroatoms. The zero-order valence-corrected chi connectivity index (χ0v) is 14.9. The first-order valence-electron chi connectivity index (χ1n) is 8.15. The van der Waals surface area contributed by atoms with Gasteiger partial charge in [-0.15, -0.1) is 0 Å². The smallest absolute Gasteiger partial charge is 0.387 e. The van der Waals surface area contributed by atoms with Crippen molar-refractivity contribution in [2.45, 2.75) is 6.61 Å². The van der Waals surface area contributed by atoms with Crippen molar-refractivity contribution in [1.82, 2.24) is 20.2 Å². The van der Waals surface area contributed by atoms with Gasteiger partial charge in [0.2, 0.25) is 0 Å². The summed E-state index contributed by atoms with van der Waals surface area (Å²) in [5.41, 5.74) is 1.83. The Morgan fingerprint density at radius 3 is 2.68 bits per heavy atom. The molecule has 0 atom stereocenters. The summed E-state index contributed by atoms with van der Waals surface area (Å²) in [6.07, 6.45) is 3.09. The lowest BCUT2D eigenvalue weighted by Crippen LogP contribution is -2.03. The molecule has 0 radical (unpaired) electrons. The molecule has 0 aliphatic rings. The van der Waals surface area contributed by atoms with Crippen molar-refractivity contribution in [2.24, 2.45) is 0 Å². The number of benzene rings is 2. The number of alkyl halides is 2. The topological polar surface area (TPSA) is 72.8 Å². The van der Waals surface area contributed by atoms with Gasteiger partial charge in [0.05, 0.1) is 17.9 Å². The van der Waals surface area contributed by atoms with Crippen LogP contribution in [-0.4, -0.2) is 26.8 Å². The molecule has 28 heavy (non-hydrogen) atoms. The summed E-state index contributed by atoms with van der Waals surface area (Å²) in [7, 11) is 0. The number of hydrogen-bond acceptors (Lipinski definition) is 6. The fourth-order valence-corrected chi connectivity index (χ4v) is 2.80. The van der Waals surface area contributed by atoms with Crippen molar-refractivity contribution in [3.05, 3.63) is 65.9 Å². The average Bonchev–Trinajstić information content (AvgIpc) is 2.68. The van der Waals surface area contributed by atoms with E-state index in [0.717, 1.165) is 5.39 Å². The summed E-state index contributed by atoms with van der Waals surface area (Å²) in [6, 6.07) is 13.2. The Bertz CT molecular complexity index is 1130. The molecule has 0 unspecified atom stereocenters. The predicted molar refractivity (Wildman–Crippen MR) is 102 cm³/mol. The van der Waals surface area contributed by atoms with E-state index >= 15 is 0 Å². The van der Waals surface area contributed by atoms with Gasteiger partial charge in [-0.25, -0.2) is 9.97 Å². The minimum Gasteiger partial charge on any atom is -0.435 e. The second-order valence-electron chi connectivity index (χ2n) is 5.72. The summed E-state index contributed by atoms with van der Waals surface area (Å²) >= 11 is 6.11. The second kappa shape index (κ2) is 7.69. The van der Waals surface area contributed by atoms with Crippen LogP contribution in [0.4, 0.5) is 20.3 Å². The lowest BCUT2D eigenvalue weighted by molar-refractivity contribution is -0.0497. The van der Waals surface area contributed by atoms with E-state index in [-0.39, 0.29) is 5.75 Å². The Kier molecular flexibility index (Phi) is 4.94. The van der Waals surface area contributed by atoms with E-state index in [1.165, 1.54) is 12.1 Å². The third-order valence-corrected chi connectivity index (χ3v) is 4.06. The van der Waals surface area contributed by atoms with Gasteiger partial charge in [0.25, 0.3) is 0 Å². The summed E-state index contributed by atoms with van der Waals surface area (Å²) < 4.78 is 29.4. The second-order valence-corrected chi connectivity index (χ2v) is 6.16. The molecule has 2 heterocycles. The Morgan fingerprint density at radius 1 is 1.00 bits per heavy atom. The first-order chi connectivity index (χ1) is 13.6. The highest BCUT2D eigenvalue weighted by molar-refractivity contribution is 6.31. The monoisotopic (exact) mass is 399 g/mol. The maximum Gasteiger partial charge on any atom is 0.387 e. The number of halogens is 3. The molecule has 0 aliphatic carbocycles. The largest absolute Gasteiger partial charge is 0.435 e. The van der Waals surface area contributed by atoms with E-state index in [2.05, 4.69) is 30.2 Å². The number of nitrogens with one attached hydrogen (secondary N) is 1. The standard InChI is InChI=1S/C19H12ClF2N5O/c20-12-4-5-15-16(8-12)26-17(11-6-7-23-24-10-11)27-18(15)25-13-2-1-3-14(9-13)28-19(21)22/h1-10,19H,(H,25,26,27). The van der Waals surface area contributed by atoms with E-state index in [9.17, 15) is 8.78 Å². The molecule has 0 saturated carbocycles. The normalized spacial score (nSPS) is 11.0. The molecule has 2 aromatic carbocycles. The van der Waals surface area contributed by atoms with Crippen LogP contribution in [0.25, 0.3) is 22.3 Å². The van der Waals surface area contributed by atoms with Crippen LogP contribution in [0, 0.1) is 0 Å². The number of fused-ring (bicyclic) bond motifs is 1. The number of anilines is 2. The highest BCUT2D eigenvalue weighted by atomic mass is 35.5. The van der Waals surface area contributed by atoms with Gasteiger partial charge < -0.3 is 10.1 Å². The Labute approximate surface area is 163 Å². The minimum atomic E-state index is -2.90. The minimum absolute atomic E-state index is 0.0416. The van der Waals surface area contributed by atoms with E-state index in [1.807, 2.05) is 0 Å². The molecule has 6 nitrogen and oxygen atoms in total. The predicted octanol–water partition coefficient (Wildman–Crippen LogP) is 5.09. The third-order valence-electron chi connectivity index (χ3n) is 3.82. The Hall–Kier alpha value is -3.39. The number of hydrogen-bond donors (Lipinski definition) is 1. The molecule has 0 bridgehead atoms. The first-order valence-corrected chi connectivity index (χ1v) is 8.52. The van der Waals surface area contributed by atoms with Gasteiger partial charge >= 0.3 is 6.61 Å². The SMILES string of the molecule is FC(F)Oc1cccc(Nc2nc(-c3ccnnc3)nc3cc(Cl)ccc23)c1. The van der Waals surface area contributed by atoms with Gasteiger partial charge in [-0.2, -0.15) is 19.0 Å². The summed E-state index contributed by atoms with van der Waals surface area (Å²) in [5.74, 6) is 0.954. The van der Waals surface area contributed by atoms with Crippen molar-refractivity contribution in [3.8, 4) is 17.1 Å². The van der Waals surface area contributed by atoms with E-state index in [0.29, 0.717) is 33.4 Å². The van der Waals surface area contributed by atoms with Gasteiger partial charge in [0.15, 0.2) is 5.82 Å². The van der Waals surface area contributed by atoms with E-state index in [4.69, 9.17) is 11.6 Å². The Morgan fingerprint density at radius 2 is 1.89 bits per heavy atom. The third kappa shape index (κ3) is 3.96. The van der Waals surface area contributed by atoms with Crippen LogP contribution < -0.4 is 10.1 Å². The first kappa shape index (κ1) is 18.0.